The second-order valence-corrected chi connectivity index (χ2v) is 6.79. The topological polar surface area (TPSA) is 85.9 Å². The maximum Gasteiger partial charge on any atom is 0.312 e. The maximum absolute atomic E-state index is 12.7. The van der Waals surface area contributed by atoms with Gasteiger partial charge >= 0.3 is 11.8 Å². The molecule has 1 saturated heterocycles. The molecule has 2 rings (SSSR count). The third kappa shape index (κ3) is 5.18. The number of pyridine rings is 1. The largest absolute Gasteiger partial charge is 0.357 e. The zero-order valence-corrected chi connectivity index (χ0v) is 16.6. The molecule has 1 N–H and O–H groups in total. The Hall–Kier alpha value is -2.64. The number of amides is 3. The van der Waals surface area contributed by atoms with Gasteiger partial charge in [-0.25, -0.2) is 4.98 Å². The van der Waals surface area contributed by atoms with E-state index in [-0.39, 0.29) is 11.9 Å². The fourth-order valence-electron chi connectivity index (χ4n) is 3.01. The molecule has 1 aromatic rings. The summed E-state index contributed by atoms with van der Waals surface area (Å²) in [7, 11) is 0. The number of piperazine rings is 1. The molecular formula is C19H29N5O3. The van der Waals surface area contributed by atoms with Gasteiger partial charge in [0.15, 0.2) is 0 Å². The molecule has 8 nitrogen and oxygen atoms in total. The summed E-state index contributed by atoms with van der Waals surface area (Å²) >= 11 is 0. The van der Waals surface area contributed by atoms with E-state index in [4.69, 9.17) is 0 Å². The van der Waals surface area contributed by atoms with Crippen molar-refractivity contribution < 1.29 is 14.4 Å². The van der Waals surface area contributed by atoms with E-state index in [0.29, 0.717) is 31.7 Å². The molecule has 1 aromatic heterocycles. The van der Waals surface area contributed by atoms with Crippen LogP contribution in [0.5, 0.6) is 0 Å². The molecular weight excluding hydrogens is 346 g/mol. The van der Waals surface area contributed by atoms with Crippen molar-refractivity contribution in [3.05, 3.63) is 23.9 Å². The number of hydrogen-bond acceptors (Lipinski definition) is 5. The third-order valence-corrected chi connectivity index (χ3v) is 4.55. The number of nitrogens with zero attached hydrogens (tertiary/aromatic N) is 4. The van der Waals surface area contributed by atoms with E-state index in [0.717, 1.165) is 18.9 Å². The van der Waals surface area contributed by atoms with E-state index >= 15 is 0 Å². The van der Waals surface area contributed by atoms with Crippen LogP contribution in [-0.2, 0) is 9.59 Å². The first-order valence-corrected chi connectivity index (χ1v) is 9.47. The smallest absolute Gasteiger partial charge is 0.312 e. The van der Waals surface area contributed by atoms with Crippen molar-refractivity contribution >= 4 is 23.5 Å². The van der Waals surface area contributed by atoms with Crippen molar-refractivity contribution in [2.24, 2.45) is 0 Å². The number of anilines is 1. The van der Waals surface area contributed by atoms with E-state index in [2.05, 4.69) is 29.0 Å². The molecule has 0 bridgehead atoms. The zero-order chi connectivity index (χ0) is 20.0. The number of rotatable bonds is 5. The van der Waals surface area contributed by atoms with E-state index in [1.165, 1.54) is 4.90 Å². The molecule has 0 aliphatic carbocycles. The molecule has 0 saturated carbocycles. The predicted octanol–water partition coefficient (Wildman–Crippen LogP) is 0.737. The summed E-state index contributed by atoms with van der Waals surface area (Å²) < 4.78 is 0. The van der Waals surface area contributed by atoms with Gasteiger partial charge in [0.2, 0.25) is 0 Å². The normalized spacial score (nSPS) is 14.3. The van der Waals surface area contributed by atoms with Gasteiger partial charge in [-0.15, -0.1) is 0 Å². The zero-order valence-electron chi connectivity index (χ0n) is 16.6. The SMILES string of the molecule is CCN(CC)c1ccc(C(=O)N2CCN(C(=O)C(=O)NC(C)C)CC2)cn1. The highest BCUT2D eigenvalue weighted by molar-refractivity contribution is 6.35. The summed E-state index contributed by atoms with van der Waals surface area (Å²) in [5, 5.41) is 2.60. The van der Waals surface area contributed by atoms with Gasteiger partial charge < -0.3 is 20.0 Å². The van der Waals surface area contributed by atoms with Crippen LogP contribution in [0.3, 0.4) is 0 Å². The molecule has 8 heteroatoms. The average Bonchev–Trinajstić information content (AvgIpc) is 2.68. The van der Waals surface area contributed by atoms with Crippen LogP contribution < -0.4 is 10.2 Å². The standard InChI is InChI=1S/C19H29N5O3/c1-5-22(6-2)16-8-7-15(13-20-16)18(26)23-9-11-24(12-10-23)19(27)17(25)21-14(3)4/h7-8,13-14H,5-6,9-12H2,1-4H3,(H,21,25). The Morgan fingerprint density at radius 3 is 2.15 bits per heavy atom. The summed E-state index contributed by atoms with van der Waals surface area (Å²) in [5.74, 6) is -0.391. The van der Waals surface area contributed by atoms with Crippen molar-refractivity contribution in [1.29, 1.82) is 0 Å². The molecule has 0 atom stereocenters. The Morgan fingerprint density at radius 2 is 1.67 bits per heavy atom. The van der Waals surface area contributed by atoms with Gasteiger partial charge in [-0.1, -0.05) is 0 Å². The number of aromatic nitrogens is 1. The average molecular weight is 375 g/mol. The molecule has 1 fully saturated rings. The lowest BCUT2D eigenvalue weighted by Crippen LogP contribution is -2.54. The molecule has 0 spiro atoms. The van der Waals surface area contributed by atoms with Gasteiger partial charge in [-0.05, 0) is 39.8 Å². The highest BCUT2D eigenvalue weighted by Gasteiger charge is 2.28. The summed E-state index contributed by atoms with van der Waals surface area (Å²) in [5.41, 5.74) is 0.531. The van der Waals surface area contributed by atoms with Crippen LogP contribution in [0.25, 0.3) is 0 Å². The minimum absolute atomic E-state index is 0.0869. The van der Waals surface area contributed by atoms with Crippen LogP contribution in [0.1, 0.15) is 38.1 Å². The summed E-state index contributed by atoms with van der Waals surface area (Å²) in [4.78, 5) is 46.3. The number of nitrogens with one attached hydrogen (secondary N) is 1. The lowest BCUT2D eigenvalue weighted by Gasteiger charge is -2.34. The van der Waals surface area contributed by atoms with Crippen LogP contribution in [0.4, 0.5) is 5.82 Å². The van der Waals surface area contributed by atoms with Crippen LogP contribution in [0, 0.1) is 0 Å². The number of hydrogen-bond donors (Lipinski definition) is 1. The summed E-state index contributed by atoms with van der Waals surface area (Å²) in [6.45, 7) is 11.0. The fourth-order valence-corrected chi connectivity index (χ4v) is 3.01. The van der Waals surface area contributed by atoms with Crippen molar-refractivity contribution in [3.8, 4) is 0 Å². The Kier molecular flexibility index (Phi) is 7.15. The van der Waals surface area contributed by atoms with E-state index < -0.39 is 11.8 Å². The Balaban J connectivity index is 1.93. The first-order chi connectivity index (χ1) is 12.9. The van der Waals surface area contributed by atoms with Crippen molar-refractivity contribution in [1.82, 2.24) is 20.1 Å². The van der Waals surface area contributed by atoms with Gasteiger partial charge in [-0.2, -0.15) is 0 Å². The molecule has 0 unspecified atom stereocenters. The van der Waals surface area contributed by atoms with Crippen LogP contribution >= 0.6 is 0 Å². The Bertz CT molecular complexity index is 662. The lowest BCUT2D eigenvalue weighted by atomic mass is 10.2. The molecule has 0 radical (unpaired) electrons. The van der Waals surface area contributed by atoms with E-state index in [1.807, 2.05) is 6.07 Å². The van der Waals surface area contributed by atoms with Crippen LogP contribution in [0.2, 0.25) is 0 Å². The van der Waals surface area contributed by atoms with Crippen molar-refractivity contribution in [3.63, 3.8) is 0 Å². The highest BCUT2D eigenvalue weighted by Crippen LogP contribution is 2.13. The summed E-state index contributed by atoms with van der Waals surface area (Å²) in [6.07, 6.45) is 1.60. The van der Waals surface area contributed by atoms with E-state index in [1.54, 1.807) is 31.0 Å². The van der Waals surface area contributed by atoms with Gasteiger partial charge in [0.25, 0.3) is 5.91 Å². The van der Waals surface area contributed by atoms with Crippen LogP contribution in [-0.4, -0.2) is 77.8 Å². The van der Waals surface area contributed by atoms with E-state index in [9.17, 15) is 14.4 Å². The number of carbonyl (C=O) groups excluding carboxylic acids is 3. The molecule has 27 heavy (non-hydrogen) atoms. The summed E-state index contributed by atoms with van der Waals surface area (Å²) in [6, 6.07) is 3.56. The molecule has 1 aliphatic heterocycles. The molecule has 148 valence electrons. The second kappa shape index (κ2) is 9.34. The predicted molar refractivity (Wildman–Crippen MR) is 104 cm³/mol. The van der Waals surface area contributed by atoms with Gasteiger partial charge in [-0.3, -0.25) is 14.4 Å². The monoisotopic (exact) mass is 375 g/mol. The minimum Gasteiger partial charge on any atom is -0.357 e. The first kappa shape index (κ1) is 20.7. The van der Waals surface area contributed by atoms with Crippen molar-refractivity contribution in [2.75, 3.05) is 44.2 Å². The third-order valence-electron chi connectivity index (χ3n) is 4.55. The molecule has 3 amide bonds. The number of carbonyl (C=O) groups is 3. The molecule has 0 aromatic carbocycles. The van der Waals surface area contributed by atoms with Crippen LogP contribution in [0.15, 0.2) is 18.3 Å². The molecule has 2 heterocycles. The fraction of sp³-hybridized carbons (Fsp3) is 0.579. The first-order valence-electron chi connectivity index (χ1n) is 9.47. The minimum atomic E-state index is -0.596. The highest BCUT2D eigenvalue weighted by atomic mass is 16.2. The lowest BCUT2D eigenvalue weighted by molar-refractivity contribution is -0.147. The quantitative estimate of drug-likeness (QED) is 0.767. The Labute approximate surface area is 160 Å². The van der Waals surface area contributed by atoms with Gasteiger partial charge in [0.1, 0.15) is 5.82 Å². The Morgan fingerprint density at radius 1 is 1.07 bits per heavy atom. The maximum atomic E-state index is 12.7. The van der Waals surface area contributed by atoms with Crippen molar-refractivity contribution in [2.45, 2.75) is 33.7 Å². The molecule has 1 aliphatic rings. The second-order valence-electron chi connectivity index (χ2n) is 6.79. The van der Waals surface area contributed by atoms with Gasteiger partial charge in [0.05, 0.1) is 5.56 Å². The van der Waals surface area contributed by atoms with Gasteiger partial charge in [0, 0.05) is 51.5 Å².